The molecule has 0 atom stereocenters. The molecule has 0 bridgehead atoms. The molecule has 0 aromatic carbocycles. The maximum Gasteiger partial charge on any atom is 0.174 e. The minimum Gasteiger partial charge on any atom is -0.314 e. The fraction of sp³-hybridized carbons (Fsp3) is 0.643. The highest BCUT2D eigenvalue weighted by Gasteiger charge is 2.33. The molecule has 17 heavy (non-hydrogen) atoms. The number of Topliss-reactive ketones (excluding diaryl/α,β-unsaturated/α-hetero) is 1. The molecule has 1 saturated carbocycles. The molecule has 94 valence electrons. The molecule has 3 heteroatoms. The summed E-state index contributed by atoms with van der Waals surface area (Å²) in [7, 11) is 2.00. The lowest BCUT2D eigenvalue weighted by atomic mass is 9.78. The van der Waals surface area contributed by atoms with E-state index in [0.717, 1.165) is 23.3 Å². The van der Waals surface area contributed by atoms with Crippen LogP contribution < -0.4 is 5.32 Å². The molecule has 1 heterocycles. The number of carbonyl (C=O) groups is 1. The summed E-state index contributed by atoms with van der Waals surface area (Å²) in [5.41, 5.74) is 1.19. The van der Waals surface area contributed by atoms with E-state index in [1.165, 1.54) is 19.3 Å². The minimum absolute atomic E-state index is 0.0613. The van der Waals surface area contributed by atoms with Crippen LogP contribution in [0, 0.1) is 6.92 Å². The zero-order chi connectivity index (χ0) is 12.3. The first-order chi connectivity index (χ1) is 8.17. The SMILES string of the molecule is CNC1(CC(=O)c2sccc2C)CCCCC1. The van der Waals surface area contributed by atoms with E-state index in [0.29, 0.717) is 12.2 Å². The van der Waals surface area contributed by atoms with Crippen molar-refractivity contribution in [3.8, 4) is 0 Å². The highest BCUT2D eigenvalue weighted by molar-refractivity contribution is 7.12. The highest BCUT2D eigenvalue weighted by atomic mass is 32.1. The van der Waals surface area contributed by atoms with Gasteiger partial charge < -0.3 is 5.32 Å². The Kier molecular flexibility index (Phi) is 4.00. The van der Waals surface area contributed by atoms with Crippen LogP contribution in [-0.2, 0) is 0 Å². The monoisotopic (exact) mass is 251 g/mol. The minimum atomic E-state index is 0.0613. The van der Waals surface area contributed by atoms with Gasteiger partial charge in [-0.25, -0.2) is 0 Å². The number of hydrogen-bond acceptors (Lipinski definition) is 3. The molecular formula is C14H21NOS. The molecule has 1 aromatic rings. The summed E-state index contributed by atoms with van der Waals surface area (Å²) >= 11 is 1.58. The van der Waals surface area contributed by atoms with Crippen molar-refractivity contribution < 1.29 is 4.79 Å². The Hall–Kier alpha value is -0.670. The first kappa shape index (κ1) is 12.8. The van der Waals surface area contributed by atoms with Gasteiger partial charge in [-0.1, -0.05) is 19.3 Å². The van der Waals surface area contributed by atoms with Gasteiger partial charge in [-0.15, -0.1) is 11.3 Å². The van der Waals surface area contributed by atoms with Gasteiger partial charge in [0.15, 0.2) is 5.78 Å². The molecule has 0 radical (unpaired) electrons. The maximum absolute atomic E-state index is 12.3. The summed E-state index contributed by atoms with van der Waals surface area (Å²) < 4.78 is 0. The average Bonchev–Trinajstić information content (AvgIpc) is 2.77. The quantitative estimate of drug-likeness (QED) is 0.829. The van der Waals surface area contributed by atoms with Gasteiger partial charge in [0.1, 0.15) is 0 Å². The second kappa shape index (κ2) is 5.32. The Balaban J connectivity index is 2.08. The van der Waals surface area contributed by atoms with E-state index in [1.54, 1.807) is 11.3 Å². The summed E-state index contributed by atoms with van der Waals surface area (Å²) in [6, 6.07) is 2.03. The van der Waals surface area contributed by atoms with Gasteiger partial charge >= 0.3 is 0 Å². The molecule has 1 aromatic heterocycles. The Morgan fingerprint density at radius 1 is 1.41 bits per heavy atom. The van der Waals surface area contributed by atoms with Crippen molar-refractivity contribution in [1.29, 1.82) is 0 Å². The van der Waals surface area contributed by atoms with Crippen LogP contribution in [0.15, 0.2) is 11.4 Å². The molecule has 1 fully saturated rings. The number of hydrogen-bond donors (Lipinski definition) is 1. The van der Waals surface area contributed by atoms with Gasteiger partial charge in [0, 0.05) is 12.0 Å². The van der Waals surface area contributed by atoms with Crippen molar-refractivity contribution in [2.45, 2.75) is 51.0 Å². The third kappa shape index (κ3) is 2.78. The van der Waals surface area contributed by atoms with E-state index in [1.807, 2.05) is 25.4 Å². The Labute approximate surface area is 107 Å². The Bertz CT molecular complexity index is 391. The van der Waals surface area contributed by atoms with Crippen LogP contribution in [0.25, 0.3) is 0 Å². The standard InChI is InChI=1S/C14H21NOS/c1-11-6-9-17-13(11)12(16)10-14(15-2)7-4-3-5-8-14/h6,9,15H,3-5,7-8,10H2,1-2H3. The maximum atomic E-state index is 12.3. The number of nitrogens with one attached hydrogen (secondary N) is 1. The molecule has 0 saturated heterocycles. The van der Waals surface area contributed by atoms with Crippen LogP contribution in [0.3, 0.4) is 0 Å². The van der Waals surface area contributed by atoms with Gasteiger partial charge in [0.2, 0.25) is 0 Å². The van der Waals surface area contributed by atoms with E-state index in [4.69, 9.17) is 0 Å². The van der Waals surface area contributed by atoms with Crippen molar-refractivity contribution >= 4 is 17.1 Å². The first-order valence-corrected chi connectivity index (χ1v) is 7.31. The zero-order valence-electron chi connectivity index (χ0n) is 10.7. The lowest BCUT2D eigenvalue weighted by molar-refractivity contribution is 0.0918. The predicted octanol–water partition coefficient (Wildman–Crippen LogP) is 3.55. The molecule has 1 aliphatic rings. The van der Waals surface area contributed by atoms with E-state index in [9.17, 15) is 4.79 Å². The lowest BCUT2D eigenvalue weighted by Gasteiger charge is -2.36. The number of ketones is 1. The van der Waals surface area contributed by atoms with Crippen molar-refractivity contribution in [1.82, 2.24) is 5.32 Å². The van der Waals surface area contributed by atoms with E-state index in [-0.39, 0.29) is 5.54 Å². The lowest BCUT2D eigenvalue weighted by Crippen LogP contribution is -2.46. The fourth-order valence-electron chi connectivity index (χ4n) is 2.79. The van der Waals surface area contributed by atoms with E-state index >= 15 is 0 Å². The van der Waals surface area contributed by atoms with E-state index in [2.05, 4.69) is 5.32 Å². The molecule has 1 aliphatic carbocycles. The van der Waals surface area contributed by atoms with Crippen molar-refractivity contribution in [2.75, 3.05) is 7.05 Å². The largest absolute Gasteiger partial charge is 0.314 e. The molecule has 2 rings (SSSR count). The van der Waals surface area contributed by atoms with Gasteiger partial charge in [-0.05, 0) is 43.8 Å². The highest BCUT2D eigenvalue weighted by Crippen LogP contribution is 2.32. The number of rotatable bonds is 4. The molecule has 1 N–H and O–H groups in total. The van der Waals surface area contributed by atoms with Crippen LogP contribution in [0.4, 0.5) is 0 Å². The molecular weight excluding hydrogens is 230 g/mol. The summed E-state index contributed by atoms with van der Waals surface area (Å²) in [5, 5.41) is 5.42. The van der Waals surface area contributed by atoms with Gasteiger partial charge in [-0.3, -0.25) is 4.79 Å². The van der Waals surface area contributed by atoms with Crippen molar-refractivity contribution in [3.05, 3.63) is 21.9 Å². The summed E-state index contributed by atoms with van der Waals surface area (Å²) in [6.45, 7) is 2.02. The van der Waals surface area contributed by atoms with Crippen LogP contribution >= 0.6 is 11.3 Å². The Morgan fingerprint density at radius 2 is 2.12 bits per heavy atom. The van der Waals surface area contributed by atoms with Crippen LogP contribution in [0.5, 0.6) is 0 Å². The third-order valence-corrected chi connectivity index (χ3v) is 5.01. The summed E-state index contributed by atoms with van der Waals surface area (Å²) in [6.07, 6.45) is 6.74. The van der Waals surface area contributed by atoms with Gasteiger partial charge in [-0.2, -0.15) is 0 Å². The first-order valence-electron chi connectivity index (χ1n) is 6.43. The predicted molar refractivity (Wildman–Crippen MR) is 72.9 cm³/mol. The molecule has 0 unspecified atom stereocenters. The third-order valence-electron chi connectivity index (χ3n) is 3.96. The van der Waals surface area contributed by atoms with Gasteiger partial charge in [0.25, 0.3) is 0 Å². The summed E-state index contributed by atoms with van der Waals surface area (Å²) in [5.74, 6) is 0.314. The molecule has 0 amide bonds. The molecule has 2 nitrogen and oxygen atoms in total. The van der Waals surface area contributed by atoms with Crippen molar-refractivity contribution in [2.24, 2.45) is 0 Å². The Morgan fingerprint density at radius 3 is 2.65 bits per heavy atom. The van der Waals surface area contributed by atoms with E-state index < -0.39 is 0 Å². The number of aryl methyl sites for hydroxylation is 1. The van der Waals surface area contributed by atoms with Crippen LogP contribution in [0.1, 0.15) is 53.8 Å². The van der Waals surface area contributed by atoms with Crippen LogP contribution in [0.2, 0.25) is 0 Å². The van der Waals surface area contributed by atoms with Crippen LogP contribution in [-0.4, -0.2) is 18.4 Å². The average molecular weight is 251 g/mol. The second-order valence-corrected chi connectivity index (χ2v) is 6.04. The smallest absolute Gasteiger partial charge is 0.174 e. The summed E-state index contributed by atoms with van der Waals surface area (Å²) in [4.78, 5) is 13.3. The number of thiophene rings is 1. The number of carbonyl (C=O) groups excluding carboxylic acids is 1. The normalized spacial score (nSPS) is 19.2. The molecule has 0 spiro atoms. The molecule has 0 aliphatic heterocycles. The second-order valence-electron chi connectivity index (χ2n) is 5.12. The zero-order valence-corrected chi connectivity index (χ0v) is 11.5. The fourth-order valence-corrected chi connectivity index (χ4v) is 3.66. The van der Waals surface area contributed by atoms with Crippen molar-refractivity contribution in [3.63, 3.8) is 0 Å². The topological polar surface area (TPSA) is 29.1 Å². The van der Waals surface area contributed by atoms with Gasteiger partial charge in [0.05, 0.1) is 4.88 Å².